The van der Waals surface area contributed by atoms with Crippen molar-refractivity contribution in [2.75, 3.05) is 0 Å². The summed E-state index contributed by atoms with van der Waals surface area (Å²) in [6.07, 6.45) is -0.0171. The van der Waals surface area contributed by atoms with Crippen molar-refractivity contribution in [3.63, 3.8) is 0 Å². The van der Waals surface area contributed by atoms with Gasteiger partial charge in [0.15, 0.2) is 8.32 Å². The van der Waals surface area contributed by atoms with E-state index in [1.807, 2.05) is 30.3 Å². The minimum Gasteiger partial charge on any atom is -0.406 e. The Hall–Kier alpha value is -1.62. The number of azide groups is 1. The number of nitrogens with zero attached hydrogens (tertiary/aromatic N) is 3. The Morgan fingerprint density at radius 1 is 1.29 bits per heavy atom. The Morgan fingerprint density at radius 3 is 2.29 bits per heavy atom. The highest BCUT2D eigenvalue weighted by Crippen LogP contribution is 2.39. The number of hydrogen-bond acceptors (Lipinski definition) is 3. The van der Waals surface area contributed by atoms with E-state index < -0.39 is 20.5 Å². The van der Waals surface area contributed by atoms with Crippen LogP contribution in [0, 0.1) is 0 Å². The maximum atomic E-state index is 11.5. The minimum absolute atomic E-state index is 0.0220. The molecule has 6 heteroatoms. The molecule has 0 radical (unpaired) electrons. The first-order valence-electron chi connectivity index (χ1n) is 6.95. The van der Waals surface area contributed by atoms with Gasteiger partial charge in [-0.3, -0.25) is 0 Å². The number of benzene rings is 1. The van der Waals surface area contributed by atoms with Gasteiger partial charge in [0, 0.05) is 4.91 Å². The summed E-state index contributed by atoms with van der Waals surface area (Å²) in [5.41, 5.74) is 9.58. The van der Waals surface area contributed by atoms with Crippen LogP contribution in [0.5, 0.6) is 0 Å². The molecule has 0 unspecified atom stereocenters. The molecular weight excluding hydrogens is 282 g/mol. The predicted molar refractivity (Wildman–Crippen MR) is 86.5 cm³/mol. The highest BCUT2D eigenvalue weighted by atomic mass is 28.4. The van der Waals surface area contributed by atoms with E-state index in [2.05, 4.69) is 43.9 Å². The van der Waals surface area contributed by atoms with Crippen molar-refractivity contribution in [3.8, 4) is 0 Å². The van der Waals surface area contributed by atoms with Crippen molar-refractivity contribution in [2.45, 2.75) is 51.0 Å². The van der Waals surface area contributed by atoms with Crippen LogP contribution >= 0.6 is 0 Å². The third-order valence-corrected chi connectivity index (χ3v) is 8.47. The van der Waals surface area contributed by atoms with Gasteiger partial charge in [0.05, 0.1) is 6.04 Å². The van der Waals surface area contributed by atoms with Crippen LogP contribution in [0.1, 0.15) is 32.4 Å². The molecule has 1 aromatic rings. The second-order valence-electron chi connectivity index (χ2n) is 6.54. The van der Waals surface area contributed by atoms with Crippen molar-refractivity contribution >= 4 is 14.6 Å². The van der Waals surface area contributed by atoms with Crippen LogP contribution in [-0.2, 0) is 9.22 Å². The van der Waals surface area contributed by atoms with E-state index in [1.165, 1.54) is 0 Å². The SMILES string of the molecule is CC(C)(C)[Si](C)(C)O[C@@H](C=O)[C@@H](N=[N+]=[N-])c1ccccc1. The largest absolute Gasteiger partial charge is 0.406 e. The van der Waals surface area contributed by atoms with E-state index in [-0.39, 0.29) is 5.04 Å². The van der Waals surface area contributed by atoms with Crippen LogP contribution in [-0.4, -0.2) is 20.7 Å². The van der Waals surface area contributed by atoms with Gasteiger partial charge in [0.25, 0.3) is 0 Å². The van der Waals surface area contributed by atoms with Crippen molar-refractivity contribution in [1.82, 2.24) is 0 Å². The molecule has 114 valence electrons. The van der Waals surface area contributed by atoms with Crippen molar-refractivity contribution in [3.05, 3.63) is 46.3 Å². The lowest BCUT2D eigenvalue weighted by atomic mass is 10.0. The van der Waals surface area contributed by atoms with Crippen LogP contribution in [0.4, 0.5) is 0 Å². The summed E-state index contributed by atoms with van der Waals surface area (Å²) in [5.74, 6) is 0. The summed E-state index contributed by atoms with van der Waals surface area (Å²) in [4.78, 5) is 14.4. The zero-order valence-corrected chi connectivity index (χ0v) is 14.3. The maximum Gasteiger partial charge on any atom is 0.193 e. The molecule has 5 nitrogen and oxygen atoms in total. The lowest BCUT2D eigenvalue weighted by Crippen LogP contribution is -2.45. The molecule has 0 spiro atoms. The third kappa shape index (κ3) is 4.42. The fourth-order valence-electron chi connectivity index (χ4n) is 1.71. The summed E-state index contributed by atoms with van der Waals surface area (Å²) in [6, 6.07) is 8.62. The van der Waals surface area contributed by atoms with Gasteiger partial charge < -0.3 is 9.22 Å². The van der Waals surface area contributed by atoms with E-state index in [1.54, 1.807) is 0 Å². The number of hydrogen-bond donors (Lipinski definition) is 0. The summed E-state index contributed by atoms with van der Waals surface area (Å²) < 4.78 is 6.13. The summed E-state index contributed by atoms with van der Waals surface area (Å²) in [6.45, 7) is 10.5. The van der Waals surface area contributed by atoms with Gasteiger partial charge >= 0.3 is 0 Å². The second kappa shape index (κ2) is 6.89. The molecule has 0 aliphatic heterocycles. The molecule has 2 atom stereocenters. The van der Waals surface area contributed by atoms with Crippen LogP contribution in [0.2, 0.25) is 18.1 Å². The molecule has 0 amide bonds. The quantitative estimate of drug-likeness (QED) is 0.253. The molecular formula is C15H23N3O2Si. The monoisotopic (exact) mass is 305 g/mol. The fraction of sp³-hybridized carbons (Fsp3) is 0.533. The second-order valence-corrected chi connectivity index (χ2v) is 11.3. The molecule has 0 saturated heterocycles. The van der Waals surface area contributed by atoms with E-state index in [9.17, 15) is 4.79 Å². The molecule has 0 fully saturated rings. The van der Waals surface area contributed by atoms with Gasteiger partial charge in [-0.2, -0.15) is 0 Å². The Kier molecular flexibility index (Phi) is 5.72. The van der Waals surface area contributed by atoms with Crippen LogP contribution in [0.15, 0.2) is 35.4 Å². The lowest BCUT2D eigenvalue weighted by molar-refractivity contribution is -0.115. The van der Waals surface area contributed by atoms with E-state index in [0.29, 0.717) is 0 Å². The Balaban J connectivity index is 3.11. The topological polar surface area (TPSA) is 75.1 Å². The first-order valence-corrected chi connectivity index (χ1v) is 9.86. The summed E-state index contributed by atoms with van der Waals surface area (Å²) in [5, 5.41) is 3.76. The molecule has 0 bridgehead atoms. The lowest BCUT2D eigenvalue weighted by Gasteiger charge is -2.39. The molecule has 21 heavy (non-hydrogen) atoms. The first-order chi connectivity index (χ1) is 9.73. The van der Waals surface area contributed by atoms with Gasteiger partial charge in [-0.05, 0) is 29.2 Å². The summed E-state index contributed by atoms with van der Waals surface area (Å²) >= 11 is 0. The predicted octanol–water partition coefficient (Wildman–Crippen LogP) is 4.63. The number of carbonyl (C=O) groups excluding carboxylic acids is 1. The van der Waals surface area contributed by atoms with Crippen LogP contribution < -0.4 is 0 Å². The number of rotatable bonds is 6. The Morgan fingerprint density at radius 2 is 1.86 bits per heavy atom. The van der Waals surface area contributed by atoms with E-state index in [4.69, 9.17) is 9.96 Å². The standard InChI is InChI=1S/C15H23N3O2Si/c1-15(2,3)21(4,5)20-13(11-19)14(17-18-16)12-9-7-6-8-10-12/h6-11,13-14H,1-5H3/t13-,14-/m0/s1. The molecule has 0 aliphatic rings. The van der Waals surface area contributed by atoms with E-state index in [0.717, 1.165) is 11.8 Å². The van der Waals surface area contributed by atoms with Crippen LogP contribution in [0.3, 0.4) is 0 Å². The van der Waals surface area contributed by atoms with Gasteiger partial charge in [0.1, 0.15) is 12.4 Å². The molecule has 0 N–H and O–H groups in total. The zero-order chi connectivity index (χ0) is 16.1. The maximum absolute atomic E-state index is 11.5. The van der Waals surface area contributed by atoms with Gasteiger partial charge in [-0.1, -0.05) is 56.2 Å². The Bertz CT molecular complexity index is 519. The smallest absolute Gasteiger partial charge is 0.193 e. The molecule has 0 saturated carbocycles. The molecule has 0 heterocycles. The molecule has 1 rings (SSSR count). The van der Waals surface area contributed by atoms with E-state index >= 15 is 0 Å². The average molecular weight is 305 g/mol. The van der Waals surface area contributed by atoms with Crippen LogP contribution in [0.25, 0.3) is 10.4 Å². The Labute approximate surface area is 127 Å². The minimum atomic E-state index is -2.13. The molecule has 0 aromatic heterocycles. The number of aldehydes is 1. The first kappa shape index (κ1) is 17.4. The van der Waals surface area contributed by atoms with Gasteiger partial charge in [0.2, 0.25) is 0 Å². The normalized spacial score (nSPS) is 14.9. The molecule has 1 aromatic carbocycles. The van der Waals surface area contributed by atoms with Crippen molar-refractivity contribution in [1.29, 1.82) is 0 Å². The fourth-order valence-corrected chi connectivity index (χ4v) is 2.93. The highest BCUT2D eigenvalue weighted by Gasteiger charge is 2.40. The van der Waals surface area contributed by atoms with Gasteiger partial charge in [-0.15, -0.1) is 0 Å². The zero-order valence-electron chi connectivity index (χ0n) is 13.3. The number of carbonyl (C=O) groups is 1. The summed E-state index contributed by atoms with van der Waals surface area (Å²) in [7, 11) is -2.13. The third-order valence-electron chi connectivity index (χ3n) is 4.00. The highest BCUT2D eigenvalue weighted by molar-refractivity contribution is 6.74. The average Bonchev–Trinajstić information content (AvgIpc) is 2.42. The van der Waals surface area contributed by atoms with Crippen molar-refractivity contribution < 1.29 is 9.22 Å². The van der Waals surface area contributed by atoms with Crippen molar-refractivity contribution in [2.24, 2.45) is 5.11 Å². The molecule has 0 aliphatic carbocycles. The van der Waals surface area contributed by atoms with Gasteiger partial charge in [-0.25, -0.2) is 0 Å².